The second-order valence-corrected chi connectivity index (χ2v) is 3.44. The molecule has 38 valence electrons. The molecule has 2 nitrogen and oxygen atoms in total. The second kappa shape index (κ2) is 3.05. The normalized spacial score (nSPS) is 7.00. The third-order valence-electron chi connectivity index (χ3n) is 0.324. The Morgan fingerprint density at radius 1 is 1.57 bits per heavy atom. The van der Waals surface area contributed by atoms with Gasteiger partial charge in [-0.2, -0.15) is 5.26 Å². The van der Waals surface area contributed by atoms with E-state index >= 15 is 0 Å². The van der Waals surface area contributed by atoms with E-state index in [1.807, 2.05) is 0 Å². The van der Waals surface area contributed by atoms with Crippen molar-refractivity contribution in [3.8, 4) is 6.07 Å². The van der Waals surface area contributed by atoms with Crippen molar-refractivity contribution in [1.29, 1.82) is 5.26 Å². The molecule has 0 saturated heterocycles. The predicted molar refractivity (Wildman–Crippen MR) is 34.7 cm³/mol. The Hall–Kier alpha value is -0.0100. The Labute approximate surface area is 58.2 Å². The van der Waals surface area contributed by atoms with Crippen molar-refractivity contribution >= 4 is 31.9 Å². The van der Waals surface area contributed by atoms with Crippen LogP contribution >= 0.6 is 31.9 Å². The fourth-order valence-electron chi connectivity index (χ4n) is 0.0423. The third-order valence-corrected chi connectivity index (χ3v) is 1.18. The number of hydrogen-bond acceptors (Lipinski definition) is 2. The van der Waals surface area contributed by atoms with Crippen LogP contribution in [0.2, 0.25) is 0 Å². The van der Waals surface area contributed by atoms with E-state index in [4.69, 9.17) is 11.0 Å². The molecule has 0 spiro atoms. The van der Waals surface area contributed by atoms with Gasteiger partial charge in [0.2, 0.25) is 0 Å². The zero-order chi connectivity index (χ0) is 5.86. The highest BCUT2D eigenvalue weighted by molar-refractivity contribution is 9.28. The maximum atomic E-state index is 8.01. The average Bonchev–Trinajstić information content (AvgIpc) is 1.65. The summed E-state index contributed by atoms with van der Waals surface area (Å²) in [4.78, 5) is 0. The summed E-state index contributed by atoms with van der Waals surface area (Å²) < 4.78 is 0.502. The smallest absolute Gasteiger partial charge is 0.132 e. The van der Waals surface area contributed by atoms with E-state index in [1.54, 1.807) is 6.07 Å². The molecule has 0 aromatic rings. The first-order valence-corrected chi connectivity index (χ1v) is 2.98. The standard InChI is InChI=1S/C3H2Br2N2/c4-3(5)2(7)1-6/h7H2. The summed E-state index contributed by atoms with van der Waals surface area (Å²) in [7, 11) is 0. The first-order valence-electron chi connectivity index (χ1n) is 1.39. The summed E-state index contributed by atoms with van der Waals surface area (Å²) in [5, 5.41) is 8.01. The fourth-order valence-corrected chi connectivity index (χ4v) is 0.220. The molecule has 0 saturated carbocycles. The van der Waals surface area contributed by atoms with Crippen LogP contribution in [0.1, 0.15) is 0 Å². The molecular formula is C3H2Br2N2. The van der Waals surface area contributed by atoms with Crippen molar-refractivity contribution in [3.05, 3.63) is 9.09 Å². The van der Waals surface area contributed by atoms with E-state index in [-0.39, 0.29) is 5.70 Å². The highest BCUT2D eigenvalue weighted by atomic mass is 79.9. The molecule has 7 heavy (non-hydrogen) atoms. The maximum Gasteiger partial charge on any atom is 0.132 e. The monoisotopic (exact) mass is 224 g/mol. The van der Waals surface area contributed by atoms with Crippen LogP contribution in [0.5, 0.6) is 0 Å². The molecular weight excluding hydrogens is 224 g/mol. The van der Waals surface area contributed by atoms with Crippen LogP contribution in [-0.4, -0.2) is 0 Å². The van der Waals surface area contributed by atoms with Crippen LogP contribution in [0.3, 0.4) is 0 Å². The number of nitrogens with two attached hydrogens (primary N) is 1. The number of rotatable bonds is 0. The van der Waals surface area contributed by atoms with E-state index in [2.05, 4.69) is 31.9 Å². The quantitative estimate of drug-likeness (QED) is 0.635. The molecule has 0 aliphatic rings. The minimum Gasteiger partial charge on any atom is -0.389 e. The average molecular weight is 226 g/mol. The molecule has 0 fully saturated rings. The summed E-state index contributed by atoms with van der Waals surface area (Å²) in [6.45, 7) is 0. The molecule has 0 rings (SSSR count). The molecule has 0 atom stereocenters. The number of halogens is 2. The van der Waals surface area contributed by atoms with Gasteiger partial charge in [0.15, 0.2) is 0 Å². The van der Waals surface area contributed by atoms with E-state index in [1.165, 1.54) is 0 Å². The van der Waals surface area contributed by atoms with Crippen LogP contribution in [0.4, 0.5) is 0 Å². The predicted octanol–water partition coefficient (Wildman–Crippen LogP) is 1.43. The topological polar surface area (TPSA) is 49.8 Å². The van der Waals surface area contributed by atoms with Gasteiger partial charge in [-0.15, -0.1) is 0 Å². The highest BCUT2D eigenvalue weighted by Crippen LogP contribution is 2.14. The Morgan fingerprint density at radius 3 is 2.00 bits per heavy atom. The Kier molecular flexibility index (Phi) is 3.05. The number of allylic oxidation sites excluding steroid dienone is 1. The van der Waals surface area contributed by atoms with Crippen molar-refractivity contribution in [1.82, 2.24) is 0 Å². The number of nitriles is 1. The largest absolute Gasteiger partial charge is 0.389 e. The first-order chi connectivity index (χ1) is 3.18. The molecule has 4 heteroatoms. The highest BCUT2D eigenvalue weighted by Gasteiger charge is 1.88. The zero-order valence-corrected chi connectivity index (χ0v) is 6.45. The van der Waals surface area contributed by atoms with Gasteiger partial charge in [0.05, 0.1) is 3.39 Å². The lowest BCUT2D eigenvalue weighted by Gasteiger charge is -1.81. The summed E-state index contributed by atoms with van der Waals surface area (Å²) >= 11 is 5.90. The molecule has 0 unspecified atom stereocenters. The molecule has 0 aromatic heterocycles. The van der Waals surface area contributed by atoms with Gasteiger partial charge < -0.3 is 5.73 Å². The van der Waals surface area contributed by atoms with Gasteiger partial charge in [0.25, 0.3) is 0 Å². The molecule has 2 N–H and O–H groups in total. The Morgan fingerprint density at radius 2 is 2.00 bits per heavy atom. The minimum atomic E-state index is 0.153. The molecule has 0 amide bonds. The van der Waals surface area contributed by atoms with E-state index in [0.29, 0.717) is 3.39 Å². The first kappa shape index (κ1) is 6.99. The molecule has 0 bridgehead atoms. The molecule has 0 heterocycles. The van der Waals surface area contributed by atoms with Gasteiger partial charge in [-0.25, -0.2) is 0 Å². The van der Waals surface area contributed by atoms with Crippen molar-refractivity contribution < 1.29 is 0 Å². The summed E-state index contributed by atoms with van der Waals surface area (Å²) in [6, 6.07) is 1.73. The van der Waals surface area contributed by atoms with Crippen LogP contribution in [0.15, 0.2) is 9.09 Å². The Bertz CT molecular complexity index is 128. The molecule has 0 aliphatic heterocycles. The summed E-state index contributed by atoms with van der Waals surface area (Å²) in [5.41, 5.74) is 5.19. The lowest BCUT2D eigenvalue weighted by atomic mass is 10.6. The van der Waals surface area contributed by atoms with Gasteiger partial charge in [-0.1, -0.05) is 0 Å². The van der Waals surface area contributed by atoms with Gasteiger partial charge in [0.1, 0.15) is 11.8 Å². The number of nitrogens with zero attached hydrogens (tertiary/aromatic N) is 1. The van der Waals surface area contributed by atoms with Gasteiger partial charge in [-0.05, 0) is 31.9 Å². The van der Waals surface area contributed by atoms with Crippen molar-refractivity contribution in [2.45, 2.75) is 0 Å². The van der Waals surface area contributed by atoms with Gasteiger partial charge in [0, 0.05) is 0 Å². The lowest BCUT2D eigenvalue weighted by molar-refractivity contribution is 1.40. The van der Waals surface area contributed by atoms with E-state index in [9.17, 15) is 0 Å². The van der Waals surface area contributed by atoms with E-state index < -0.39 is 0 Å². The minimum absolute atomic E-state index is 0.153. The van der Waals surface area contributed by atoms with Crippen LogP contribution in [0.25, 0.3) is 0 Å². The zero-order valence-electron chi connectivity index (χ0n) is 3.28. The maximum absolute atomic E-state index is 8.01. The van der Waals surface area contributed by atoms with E-state index in [0.717, 1.165) is 0 Å². The van der Waals surface area contributed by atoms with Crippen LogP contribution in [-0.2, 0) is 0 Å². The molecule has 0 aliphatic carbocycles. The van der Waals surface area contributed by atoms with Crippen molar-refractivity contribution in [2.75, 3.05) is 0 Å². The molecule has 0 aromatic carbocycles. The number of hydrogen-bond donors (Lipinski definition) is 1. The van der Waals surface area contributed by atoms with Gasteiger partial charge >= 0.3 is 0 Å². The summed E-state index contributed by atoms with van der Waals surface area (Å²) in [6.07, 6.45) is 0. The summed E-state index contributed by atoms with van der Waals surface area (Å²) in [5.74, 6) is 0. The Balaban J connectivity index is 4.07. The third kappa shape index (κ3) is 2.66. The van der Waals surface area contributed by atoms with Crippen LogP contribution < -0.4 is 5.73 Å². The second-order valence-electron chi connectivity index (χ2n) is 0.786. The SMILES string of the molecule is N#CC(N)=C(Br)Br. The van der Waals surface area contributed by atoms with Crippen molar-refractivity contribution in [2.24, 2.45) is 5.73 Å². The molecule has 0 radical (unpaired) electrons. The van der Waals surface area contributed by atoms with Crippen molar-refractivity contribution in [3.63, 3.8) is 0 Å². The van der Waals surface area contributed by atoms with Crippen LogP contribution in [0, 0.1) is 11.3 Å². The van der Waals surface area contributed by atoms with Gasteiger partial charge in [-0.3, -0.25) is 0 Å². The fraction of sp³-hybridized carbons (Fsp3) is 0. The lowest BCUT2D eigenvalue weighted by Crippen LogP contribution is -1.91.